The lowest BCUT2D eigenvalue weighted by atomic mass is 10.0. The molecule has 1 N–H and O–H groups in total. The van der Waals surface area contributed by atoms with Gasteiger partial charge in [0, 0.05) is 42.2 Å². The van der Waals surface area contributed by atoms with E-state index >= 15 is 0 Å². The van der Waals surface area contributed by atoms with Crippen LogP contribution < -0.4 is 5.32 Å². The molecule has 3 rings (SSSR count). The highest BCUT2D eigenvalue weighted by Gasteiger charge is 2.33. The lowest BCUT2D eigenvalue weighted by Gasteiger charge is -2.40. The number of likely N-dealkylation sites (tertiary alicyclic amines) is 1. The third-order valence-electron chi connectivity index (χ3n) is 4.43. The molecular weight excluding hydrogens is 377 g/mol. The molecule has 1 amide bonds. The summed E-state index contributed by atoms with van der Waals surface area (Å²) in [7, 11) is 0. The van der Waals surface area contributed by atoms with E-state index in [1.54, 1.807) is 28.9 Å². The SMILES string of the molecule is CSc1ccc(-c2ccc(NCC3CN(C(=O)OC(C)(C)C)C3)c(F)c2)nc1. The summed E-state index contributed by atoms with van der Waals surface area (Å²) in [4.78, 5) is 19.1. The van der Waals surface area contributed by atoms with Gasteiger partial charge < -0.3 is 15.0 Å². The molecule has 28 heavy (non-hydrogen) atoms. The molecule has 1 aromatic carbocycles. The lowest BCUT2D eigenvalue weighted by molar-refractivity contribution is 0.000835. The fourth-order valence-electron chi connectivity index (χ4n) is 2.92. The third kappa shape index (κ3) is 5.16. The molecule has 1 aromatic heterocycles. The van der Waals surface area contributed by atoms with Crippen LogP contribution in [0.5, 0.6) is 0 Å². The summed E-state index contributed by atoms with van der Waals surface area (Å²) in [6, 6.07) is 8.97. The largest absolute Gasteiger partial charge is 0.444 e. The van der Waals surface area contributed by atoms with Crippen LogP contribution in [0.3, 0.4) is 0 Å². The van der Waals surface area contributed by atoms with E-state index in [2.05, 4.69) is 10.3 Å². The Morgan fingerprint density at radius 1 is 1.32 bits per heavy atom. The summed E-state index contributed by atoms with van der Waals surface area (Å²) in [6.07, 6.45) is 3.49. The number of aromatic nitrogens is 1. The number of hydrogen-bond donors (Lipinski definition) is 1. The van der Waals surface area contributed by atoms with Crippen LogP contribution in [0.1, 0.15) is 20.8 Å². The molecule has 1 aliphatic heterocycles. The van der Waals surface area contributed by atoms with Crippen molar-refractivity contribution < 1.29 is 13.9 Å². The summed E-state index contributed by atoms with van der Waals surface area (Å²) < 4.78 is 19.8. The first kappa shape index (κ1) is 20.5. The molecule has 0 saturated carbocycles. The van der Waals surface area contributed by atoms with Crippen LogP contribution in [0.2, 0.25) is 0 Å². The van der Waals surface area contributed by atoms with Gasteiger partial charge in [-0.1, -0.05) is 6.07 Å². The second kappa shape index (κ2) is 8.39. The summed E-state index contributed by atoms with van der Waals surface area (Å²) in [6.45, 7) is 7.39. The number of rotatable bonds is 5. The quantitative estimate of drug-likeness (QED) is 0.721. The van der Waals surface area contributed by atoms with Crippen molar-refractivity contribution in [1.29, 1.82) is 0 Å². The van der Waals surface area contributed by atoms with Gasteiger partial charge in [-0.3, -0.25) is 4.98 Å². The Labute approximate surface area is 169 Å². The van der Waals surface area contributed by atoms with E-state index < -0.39 is 5.60 Å². The van der Waals surface area contributed by atoms with Gasteiger partial charge in [-0.2, -0.15) is 0 Å². The van der Waals surface area contributed by atoms with Crippen molar-refractivity contribution in [2.45, 2.75) is 31.3 Å². The number of benzene rings is 1. The van der Waals surface area contributed by atoms with Gasteiger partial charge in [0.05, 0.1) is 11.4 Å². The highest BCUT2D eigenvalue weighted by Crippen LogP contribution is 2.26. The molecule has 0 atom stereocenters. The third-order valence-corrected chi connectivity index (χ3v) is 5.14. The van der Waals surface area contributed by atoms with E-state index in [9.17, 15) is 9.18 Å². The van der Waals surface area contributed by atoms with Crippen LogP contribution >= 0.6 is 11.8 Å². The van der Waals surface area contributed by atoms with Crippen LogP contribution in [0.4, 0.5) is 14.9 Å². The molecule has 2 aromatic rings. The second-order valence-corrected chi connectivity index (χ2v) is 8.79. The fraction of sp³-hybridized carbons (Fsp3) is 0.429. The smallest absolute Gasteiger partial charge is 0.410 e. The fourth-order valence-corrected chi connectivity index (χ4v) is 3.28. The van der Waals surface area contributed by atoms with Gasteiger partial charge >= 0.3 is 6.09 Å². The maximum absolute atomic E-state index is 14.5. The average molecular weight is 404 g/mol. The summed E-state index contributed by atoms with van der Waals surface area (Å²) in [5, 5.41) is 3.14. The van der Waals surface area contributed by atoms with Crippen LogP contribution in [0.15, 0.2) is 41.4 Å². The van der Waals surface area contributed by atoms with E-state index in [0.717, 1.165) is 16.2 Å². The first-order chi connectivity index (χ1) is 13.2. The van der Waals surface area contributed by atoms with E-state index in [4.69, 9.17) is 4.74 Å². The zero-order valence-electron chi connectivity index (χ0n) is 16.7. The number of hydrogen-bond acceptors (Lipinski definition) is 5. The molecule has 1 saturated heterocycles. The molecule has 0 aliphatic carbocycles. The molecule has 150 valence electrons. The molecule has 0 radical (unpaired) electrons. The Hall–Kier alpha value is -2.28. The monoisotopic (exact) mass is 403 g/mol. The highest BCUT2D eigenvalue weighted by atomic mass is 32.2. The standard InChI is InChI=1S/C21H26FN3O2S/c1-21(2,3)27-20(26)25-12-14(13-25)10-23-19-7-5-15(9-17(19)22)18-8-6-16(28-4)11-24-18/h5-9,11,14,23H,10,12-13H2,1-4H3. The Morgan fingerprint density at radius 2 is 2.07 bits per heavy atom. The van der Waals surface area contributed by atoms with Crippen molar-refractivity contribution in [3.8, 4) is 11.3 Å². The van der Waals surface area contributed by atoms with Crippen LogP contribution in [-0.2, 0) is 4.74 Å². The van der Waals surface area contributed by atoms with Gasteiger partial charge in [0.15, 0.2) is 0 Å². The van der Waals surface area contributed by atoms with E-state index in [-0.39, 0.29) is 17.8 Å². The topological polar surface area (TPSA) is 54.5 Å². The van der Waals surface area contributed by atoms with E-state index in [0.29, 0.717) is 25.3 Å². The Kier molecular flexibility index (Phi) is 6.13. The minimum Gasteiger partial charge on any atom is -0.444 e. The van der Waals surface area contributed by atoms with Gasteiger partial charge in [-0.05, 0) is 51.3 Å². The molecular formula is C21H26FN3O2S. The minimum atomic E-state index is -0.490. The van der Waals surface area contributed by atoms with Gasteiger partial charge in [-0.15, -0.1) is 11.8 Å². The van der Waals surface area contributed by atoms with Crippen molar-refractivity contribution in [2.75, 3.05) is 31.2 Å². The number of nitrogens with one attached hydrogen (secondary N) is 1. The average Bonchev–Trinajstić information content (AvgIpc) is 2.60. The second-order valence-electron chi connectivity index (χ2n) is 7.91. The summed E-state index contributed by atoms with van der Waals surface area (Å²) in [5.74, 6) is -0.0242. The number of nitrogens with zero attached hydrogens (tertiary/aromatic N) is 2. The number of thioether (sulfide) groups is 1. The van der Waals surface area contributed by atoms with Gasteiger partial charge in [0.25, 0.3) is 0 Å². The molecule has 2 heterocycles. The Morgan fingerprint density at radius 3 is 2.64 bits per heavy atom. The number of pyridine rings is 1. The first-order valence-electron chi connectivity index (χ1n) is 9.27. The molecule has 0 spiro atoms. The number of anilines is 1. The summed E-state index contributed by atoms with van der Waals surface area (Å²) in [5.41, 5.74) is 1.46. The maximum atomic E-state index is 14.5. The zero-order chi connectivity index (χ0) is 20.3. The molecule has 5 nitrogen and oxygen atoms in total. The van der Waals surface area contributed by atoms with Crippen molar-refractivity contribution >= 4 is 23.5 Å². The maximum Gasteiger partial charge on any atom is 0.410 e. The highest BCUT2D eigenvalue weighted by molar-refractivity contribution is 7.98. The zero-order valence-corrected chi connectivity index (χ0v) is 17.5. The van der Waals surface area contributed by atoms with Crippen molar-refractivity contribution in [3.05, 3.63) is 42.3 Å². The van der Waals surface area contributed by atoms with Gasteiger partial charge in [0.1, 0.15) is 11.4 Å². The predicted octanol–water partition coefficient (Wildman–Crippen LogP) is 4.89. The normalized spacial score (nSPS) is 14.5. The van der Waals surface area contributed by atoms with Gasteiger partial charge in [0.2, 0.25) is 0 Å². The first-order valence-corrected chi connectivity index (χ1v) is 10.5. The van der Waals surface area contributed by atoms with E-state index in [1.807, 2.05) is 45.2 Å². The number of ether oxygens (including phenoxy) is 1. The van der Waals surface area contributed by atoms with Crippen molar-refractivity contribution in [1.82, 2.24) is 9.88 Å². The number of amides is 1. The Bertz CT molecular complexity index is 831. The number of halogens is 1. The summed E-state index contributed by atoms with van der Waals surface area (Å²) >= 11 is 1.62. The Balaban J connectivity index is 1.51. The molecule has 1 fully saturated rings. The van der Waals surface area contributed by atoms with Crippen molar-refractivity contribution in [2.24, 2.45) is 5.92 Å². The van der Waals surface area contributed by atoms with Crippen LogP contribution in [-0.4, -0.2) is 47.5 Å². The number of carbonyl (C=O) groups excluding carboxylic acids is 1. The molecule has 7 heteroatoms. The van der Waals surface area contributed by atoms with E-state index in [1.165, 1.54) is 6.07 Å². The minimum absolute atomic E-state index is 0.285. The number of carbonyl (C=O) groups is 1. The molecule has 1 aliphatic rings. The van der Waals surface area contributed by atoms with Crippen molar-refractivity contribution in [3.63, 3.8) is 0 Å². The van der Waals surface area contributed by atoms with Crippen LogP contribution in [0, 0.1) is 11.7 Å². The van der Waals surface area contributed by atoms with Crippen LogP contribution in [0.25, 0.3) is 11.3 Å². The molecule has 0 unspecified atom stereocenters. The van der Waals surface area contributed by atoms with Gasteiger partial charge in [-0.25, -0.2) is 9.18 Å². The predicted molar refractivity (Wildman–Crippen MR) is 111 cm³/mol. The molecule has 0 bridgehead atoms. The lowest BCUT2D eigenvalue weighted by Crippen LogP contribution is -2.53.